The Morgan fingerprint density at radius 3 is 2.21 bits per heavy atom. The Morgan fingerprint density at radius 1 is 0.931 bits per heavy atom. The zero-order valence-electron chi connectivity index (χ0n) is 18.5. The van der Waals surface area contributed by atoms with Crippen LogP contribution in [-0.2, 0) is 9.59 Å². The first-order valence-corrected chi connectivity index (χ1v) is 10.3. The molecule has 5 heteroatoms. The Kier molecular flexibility index (Phi) is 7.82. The van der Waals surface area contributed by atoms with E-state index in [0.717, 1.165) is 46.8 Å². The highest BCUT2D eigenvalue weighted by Gasteiger charge is 2.17. The Bertz CT molecular complexity index is 872. The average Bonchev–Trinajstić information content (AvgIpc) is 2.67. The fourth-order valence-corrected chi connectivity index (χ4v) is 3.47. The van der Waals surface area contributed by atoms with E-state index in [-0.39, 0.29) is 18.2 Å². The molecule has 0 saturated carbocycles. The standard InChI is InChI=1S/C24H33N3O2/c1-7-26(8-2)21-11-12-23(19(5)16-21)27(20(6)28)14-13-24(29)25-22-15-17(3)9-10-18(22)4/h9-12,15-16H,7-8,13-14H2,1-6H3,(H,25,29). The second-order valence-electron chi connectivity index (χ2n) is 7.43. The molecule has 0 aliphatic heterocycles. The maximum Gasteiger partial charge on any atom is 0.226 e. The number of hydrogen-bond donors (Lipinski definition) is 1. The lowest BCUT2D eigenvalue weighted by molar-refractivity contribution is -0.117. The highest BCUT2D eigenvalue weighted by molar-refractivity contribution is 5.95. The van der Waals surface area contributed by atoms with Crippen LogP contribution in [0, 0.1) is 20.8 Å². The maximum atomic E-state index is 12.5. The van der Waals surface area contributed by atoms with Crippen molar-refractivity contribution in [2.75, 3.05) is 34.8 Å². The molecule has 29 heavy (non-hydrogen) atoms. The molecule has 2 rings (SSSR count). The third-order valence-corrected chi connectivity index (χ3v) is 5.21. The molecule has 0 saturated heterocycles. The van der Waals surface area contributed by atoms with Crippen molar-refractivity contribution in [3.8, 4) is 0 Å². The number of amides is 2. The summed E-state index contributed by atoms with van der Waals surface area (Å²) in [6, 6.07) is 12.1. The van der Waals surface area contributed by atoms with Gasteiger partial charge in [-0.3, -0.25) is 9.59 Å². The SMILES string of the molecule is CCN(CC)c1ccc(N(CCC(=O)Nc2cc(C)ccc2C)C(C)=O)c(C)c1. The molecule has 2 aromatic rings. The smallest absolute Gasteiger partial charge is 0.226 e. The van der Waals surface area contributed by atoms with Crippen LogP contribution >= 0.6 is 0 Å². The van der Waals surface area contributed by atoms with Gasteiger partial charge in [-0.25, -0.2) is 0 Å². The zero-order chi connectivity index (χ0) is 21.6. The quantitative estimate of drug-likeness (QED) is 0.696. The highest BCUT2D eigenvalue weighted by Crippen LogP contribution is 2.26. The number of carbonyl (C=O) groups is 2. The lowest BCUT2D eigenvalue weighted by Gasteiger charge is -2.26. The number of anilines is 3. The third-order valence-electron chi connectivity index (χ3n) is 5.21. The van der Waals surface area contributed by atoms with Crippen molar-refractivity contribution in [2.24, 2.45) is 0 Å². The molecule has 0 atom stereocenters. The van der Waals surface area contributed by atoms with E-state index < -0.39 is 0 Å². The van der Waals surface area contributed by atoms with Gasteiger partial charge in [0.15, 0.2) is 0 Å². The summed E-state index contributed by atoms with van der Waals surface area (Å²) in [5.74, 6) is -0.161. The van der Waals surface area contributed by atoms with E-state index in [4.69, 9.17) is 0 Å². The molecule has 156 valence electrons. The molecular formula is C24H33N3O2. The van der Waals surface area contributed by atoms with Gasteiger partial charge in [-0.2, -0.15) is 0 Å². The van der Waals surface area contributed by atoms with E-state index in [9.17, 15) is 9.59 Å². The van der Waals surface area contributed by atoms with Gasteiger partial charge in [0, 0.05) is 50.0 Å². The monoisotopic (exact) mass is 395 g/mol. The number of carbonyl (C=O) groups excluding carboxylic acids is 2. The van der Waals surface area contributed by atoms with Crippen molar-refractivity contribution in [3.05, 3.63) is 53.1 Å². The lowest BCUT2D eigenvalue weighted by atomic mass is 10.1. The van der Waals surface area contributed by atoms with Crippen LogP contribution in [-0.4, -0.2) is 31.4 Å². The molecule has 0 aliphatic carbocycles. The Morgan fingerprint density at radius 2 is 1.62 bits per heavy atom. The summed E-state index contributed by atoms with van der Waals surface area (Å²) in [7, 11) is 0. The van der Waals surface area contributed by atoms with Crippen LogP contribution < -0.4 is 15.1 Å². The molecule has 0 fully saturated rings. The highest BCUT2D eigenvalue weighted by atomic mass is 16.2. The normalized spacial score (nSPS) is 10.6. The third kappa shape index (κ3) is 5.83. The molecule has 1 N–H and O–H groups in total. The summed E-state index contributed by atoms with van der Waals surface area (Å²) in [4.78, 5) is 28.7. The minimum Gasteiger partial charge on any atom is -0.372 e. The summed E-state index contributed by atoms with van der Waals surface area (Å²) in [5, 5.41) is 2.97. The Balaban J connectivity index is 2.11. The lowest BCUT2D eigenvalue weighted by Crippen LogP contribution is -2.32. The second-order valence-corrected chi connectivity index (χ2v) is 7.43. The largest absolute Gasteiger partial charge is 0.372 e. The van der Waals surface area contributed by atoms with Crippen molar-refractivity contribution in [1.29, 1.82) is 0 Å². The second kappa shape index (κ2) is 10.1. The van der Waals surface area contributed by atoms with E-state index in [0.29, 0.717) is 6.54 Å². The molecular weight excluding hydrogens is 362 g/mol. The van der Waals surface area contributed by atoms with Crippen LogP contribution in [0.1, 0.15) is 43.9 Å². The molecule has 2 amide bonds. The first-order chi connectivity index (χ1) is 13.8. The fraction of sp³-hybridized carbons (Fsp3) is 0.417. The predicted molar refractivity (Wildman–Crippen MR) is 122 cm³/mol. The van der Waals surface area contributed by atoms with Crippen LogP contribution in [0.3, 0.4) is 0 Å². The number of aryl methyl sites for hydroxylation is 3. The number of benzene rings is 2. The number of hydrogen-bond acceptors (Lipinski definition) is 3. The van der Waals surface area contributed by atoms with Gasteiger partial charge in [0.05, 0.1) is 0 Å². The van der Waals surface area contributed by atoms with E-state index in [2.05, 4.69) is 30.1 Å². The molecule has 5 nitrogen and oxygen atoms in total. The molecule has 0 aromatic heterocycles. The van der Waals surface area contributed by atoms with E-state index >= 15 is 0 Å². The average molecular weight is 396 g/mol. The molecule has 0 spiro atoms. The van der Waals surface area contributed by atoms with Crippen LogP contribution in [0.5, 0.6) is 0 Å². The van der Waals surface area contributed by atoms with Gasteiger partial charge in [-0.05, 0) is 75.6 Å². The summed E-state index contributed by atoms with van der Waals surface area (Å²) >= 11 is 0. The van der Waals surface area contributed by atoms with Crippen LogP contribution in [0.4, 0.5) is 17.1 Å². The zero-order valence-corrected chi connectivity index (χ0v) is 18.5. The molecule has 0 radical (unpaired) electrons. The first-order valence-electron chi connectivity index (χ1n) is 10.3. The van der Waals surface area contributed by atoms with Crippen molar-refractivity contribution in [3.63, 3.8) is 0 Å². The van der Waals surface area contributed by atoms with Gasteiger partial charge in [0.1, 0.15) is 0 Å². The van der Waals surface area contributed by atoms with Crippen molar-refractivity contribution in [2.45, 2.75) is 48.0 Å². The number of nitrogens with zero attached hydrogens (tertiary/aromatic N) is 2. The minimum absolute atomic E-state index is 0.0665. The van der Waals surface area contributed by atoms with Gasteiger partial charge in [0.25, 0.3) is 0 Å². The first kappa shape index (κ1) is 22.5. The van der Waals surface area contributed by atoms with Gasteiger partial charge >= 0.3 is 0 Å². The van der Waals surface area contributed by atoms with E-state index in [1.807, 2.05) is 51.1 Å². The fourth-order valence-electron chi connectivity index (χ4n) is 3.47. The van der Waals surface area contributed by atoms with Gasteiger partial charge in [0.2, 0.25) is 11.8 Å². The molecule has 0 bridgehead atoms. The summed E-state index contributed by atoms with van der Waals surface area (Å²) in [6.45, 7) is 14.0. The molecule has 0 aliphatic rings. The van der Waals surface area contributed by atoms with Crippen molar-refractivity contribution >= 4 is 28.9 Å². The Hall–Kier alpha value is -2.82. The van der Waals surface area contributed by atoms with Gasteiger partial charge in [-0.15, -0.1) is 0 Å². The van der Waals surface area contributed by atoms with Crippen molar-refractivity contribution < 1.29 is 9.59 Å². The van der Waals surface area contributed by atoms with Gasteiger partial charge in [-0.1, -0.05) is 12.1 Å². The summed E-state index contributed by atoms with van der Waals surface area (Å²) < 4.78 is 0. The van der Waals surface area contributed by atoms with Crippen molar-refractivity contribution in [1.82, 2.24) is 0 Å². The van der Waals surface area contributed by atoms with Crippen LogP contribution in [0.2, 0.25) is 0 Å². The number of rotatable bonds is 8. The van der Waals surface area contributed by atoms with Crippen LogP contribution in [0.15, 0.2) is 36.4 Å². The number of nitrogens with one attached hydrogen (secondary N) is 1. The van der Waals surface area contributed by atoms with Gasteiger partial charge < -0.3 is 15.1 Å². The topological polar surface area (TPSA) is 52.6 Å². The summed E-state index contributed by atoms with van der Waals surface area (Å²) in [6.07, 6.45) is 0.240. The Labute approximate surface area is 174 Å². The minimum atomic E-state index is -0.0950. The van der Waals surface area contributed by atoms with E-state index in [1.54, 1.807) is 11.8 Å². The molecule has 2 aromatic carbocycles. The van der Waals surface area contributed by atoms with E-state index in [1.165, 1.54) is 0 Å². The predicted octanol–water partition coefficient (Wildman–Crippen LogP) is 4.84. The molecule has 0 unspecified atom stereocenters. The maximum absolute atomic E-state index is 12.5. The van der Waals surface area contributed by atoms with Crippen LogP contribution in [0.25, 0.3) is 0 Å². The molecule has 0 heterocycles. The summed E-state index contributed by atoms with van der Waals surface area (Å²) in [5.41, 5.74) is 5.97.